The van der Waals surface area contributed by atoms with Crippen LogP contribution in [0.15, 0.2) is 12.7 Å². The van der Waals surface area contributed by atoms with Crippen molar-refractivity contribution in [2.45, 2.75) is 24.2 Å². The molecule has 0 nitrogen and oxygen atoms in total. The van der Waals surface area contributed by atoms with Gasteiger partial charge < -0.3 is 0 Å². The van der Waals surface area contributed by atoms with E-state index in [1.54, 1.807) is 0 Å². The molecule has 0 radical (unpaired) electrons. The van der Waals surface area contributed by atoms with E-state index in [1.165, 1.54) is 0 Å². The fraction of sp³-hybridized carbons (Fsp3) is 0.714. The number of rotatable bonds is 5. The maximum Gasteiger partial charge on any atom is 0.309 e. The minimum Gasteiger partial charge on any atom is -0.244 e. The van der Waals surface area contributed by atoms with Crippen LogP contribution in [0.4, 0.5) is 30.7 Å². The van der Waals surface area contributed by atoms with Gasteiger partial charge in [0.05, 0.1) is 0 Å². The summed E-state index contributed by atoms with van der Waals surface area (Å²) in [5, 5.41) is 0. The standard InChI is InChI=1S/C7H7F7/c1-2-6(11,12)4(9)5(10)7(13,14)3-8/h2,4-5H,1,3H2. The van der Waals surface area contributed by atoms with Crippen LogP contribution < -0.4 is 0 Å². The van der Waals surface area contributed by atoms with Crippen LogP contribution in [0.5, 0.6) is 0 Å². The van der Waals surface area contributed by atoms with Crippen LogP contribution in [-0.2, 0) is 0 Å². The van der Waals surface area contributed by atoms with Crippen molar-refractivity contribution in [3.05, 3.63) is 12.7 Å². The third-order valence-electron chi connectivity index (χ3n) is 1.48. The average molecular weight is 224 g/mol. The Hall–Kier alpha value is -0.750. The Morgan fingerprint density at radius 2 is 1.50 bits per heavy atom. The van der Waals surface area contributed by atoms with Crippen LogP contribution in [0.2, 0.25) is 0 Å². The number of hydrogen-bond acceptors (Lipinski definition) is 0. The van der Waals surface area contributed by atoms with Gasteiger partial charge >= 0.3 is 5.92 Å². The molecule has 0 amide bonds. The van der Waals surface area contributed by atoms with Crippen LogP contribution in [0, 0.1) is 0 Å². The zero-order valence-electron chi connectivity index (χ0n) is 6.79. The summed E-state index contributed by atoms with van der Waals surface area (Å²) in [6.45, 7) is -0.0915. The molecule has 0 heterocycles. The molecule has 0 fully saturated rings. The van der Waals surface area contributed by atoms with Gasteiger partial charge in [0.15, 0.2) is 6.67 Å². The predicted molar refractivity (Wildman–Crippen MR) is 35.9 cm³/mol. The zero-order chi connectivity index (χ0) is 11.6. The molecule has 0 bridgehead atoms. The van der Waals surface area contributed by atoms with E-state index in [-0.39, 0.29) is 6.08 Å². The highest BCUT2D eigenvalue weighted by Crippen LogP contribution is 2.34. The smallest absolute Gasteiger partial charge is 0.244 e. The first kappa shape index (κ1) is 13.2. The Balaban J connectivity index is 4.70. The molecule has 0 aromatic rings. The molecule has 7 heteroatoms. The quantitative estimate of drug-likeness (QED) is 0.497. The fourth-order valence-electron chi connectivity index (χ4n) is 0.595. The Kier molecular flexibility index (Phi) is 3.96. The van der Waals surface area contributed by atoms with Gasteiger partial charge in [-0.15, -0.1) is 0 Å². The second-order valence-corrected chi connectivity index (χ2v) is 2.58. The molecule has 0 spiro atoms. The van der Waals surface area contributed by atoms with Crippen LogP contribution >= 0.6 is 0 Å². The number of halogens is 7. The van der Waals surface area contributed by atoms with Crippen molar-refractivity contribution in [1.82, 2.24) is 0 Å². The molecule has 0 saturated heterocycles. The second kappa shape index (κ2) is 4.18. The summed E-state index contributed by atoms with van der Waals surface area (Å²) >= 11 is 0. The van der Waals surface area contributed by atoms with E-state index < -0.39 is 30.9 Å². The van der Waals surface area contributed by atoms with E-state index in [2.05, 4.69) is 6.58 Å². The highest BCUT2D eigenvalue weighted by Gasteiger charge is 2.54. The van der Waals surface area contributed by atoms with Crippen LogP contribution in [0.25, 0.3) is 0 Å². The molecular formula is C7H7F7. The maximum absolute atomic E-state index is 12.4. The normalized spacial score (nSPS) is 17.6. The van der Waals surface area contributed by atoms with Crippen LogP contribution in [0.3, 0.4) is 0 Å². The molecule has 0 aliphatic carbocycles. The topological polar surface area (TPSA) is 0 Å². The first-order chi connectivity index (χ1) is 6.19. The van der Waals surface area contributed by atoms with Gasteiger partial charge in [-0.1, -0.05) is 6.58 Å². The van der Waals surface area contributed by atoms with Crippen LogP contribution in [-0.4, -0.2) is 30.9 Å². The van der Waals surface area contributed by atoms with Gasteiger partial charge in [0.1, 0.15) is 0 Å². The summed E-state index contributed by atoms with van der Waals surface area (Å²) in [4.78, 5) is 0. The maximum atomic E-state index is 12.4. The summed E-state index contributed by atoms with van der Waals surface area (Å²) in [5.74, 6) is -9.20. The lowest BCUT2D eigenvalue weighted by Crippen LogP contribution is -2.46. The van der Waals surface area contributed by atoms with Gasteiger partial charge in [-0.3, -0.25) is 0 Å². The monoisotopic (exact) mass is 224 g/mol. The molecule has 14 heavy (non-hydrogen) atoms. The molecule has 0 N–H and O–H groups in total. The van der Waals surface area contributed by atoms with Crippen molar-refractivity contribution in [2.75, 3.05) is 6.67 Å². The van der Waals surface area contributed by atoms with Gasteiger partial charge in [-0.05, 0) is 6.08 Å². The minimum atomic E-state index is -4.76. The Labute approximate surface area is 75.4 Å². The molecular weight excluding hydrogens is 217 g/mol. The van der Waals surface area contributed by atoms with Crippen molar-refractivity contribution in [2.24, 2.45) is 0 Å². The van der Waals surface area contributed by atoms with Crippen molar-refractivity contribution in [1.29, 1.82) is 0 Å². The van der Waals surface area contributed by atoms with Gasteiger partial charge in [-0.25, -0.2) is 22.0 Å². The van der Waals surface area contributed by atoms with Gasteiger partial charge in [0.2, 0.25) is 12.3 Å². The summed E-state index contributed by atoms with van der Waals surface area (Å²) in [6, 6.07) is 0. The highest BCUT2D eigenvalue weighted by molar-refractivity contribution is 4.99. The predicted octanol–water partition coefficient (Wildman–Crippen LogP) is 3.09. The molecule has 0 aromatic carbocycles. The molecule has 2 atom stereocenters. The largest absolute Gasteiger partial charge is 0.309 e. The highest BCUT2D eigenvalue weighted by atomic mass is 19.3. The van der Waals surface area contributed by atoms with Crippen molar-refractivity contribution >= 4 is 0 Å². The number of alkyl halides is 7. The van der Waals surface area contributed by atoms with E-state index in [0.29, 0.717) is 0 Å². The third-order valence-corrected chi connectivity index (χ3v) is 1.48. The molecule has 0 aliphatic heterocycles. The zero-order valence-corrected chi connectivity index (χ0v) is 6.79. The van der Waals surface area contributed by atoms with Crippen molar-refractivity contribution < 1.29 is 30.7 Å². The Bertz CT molecular complexity index is 200. The van der Waals surface area contributed by atoms with E-state index >= 15 is 0 Å². The van der Waals surface area contributed by atoms with Gasteiger partial charge in [0, 0.05) is 0 Å². The summed E-state index contributed by atoms with van der Waals surface area (Å²) in [7, 11) is 0. The second-order valence-electron chi connectivity index (χ2n) is 2.58. The van der Waals surface area contributed by atoms with E-state index in [4.69, 9.17) is 0 Å². The van der Waals surface area contributed by atoms with E-state index in [0.717, 1.165) is 0 Å². The summed E-state index contributed by atoms with van der Waals surface area (Å²) < 4.78 is 85.0. The molecule has 0 rings (SSSR count). The molecule has 0 saturated carbocycles. The average Bonchev–Trinajstić information content (AvgIpc) is 2.15. The van der Waals surface area contributed by atoms with Gasteiger partial charge in [0.25, 0.3) is 5.92 Å². The lowest BCUT2D eigenvalue weighted by Gasteiger charge is -2.24. The SMILES string of the molecule is C=CC(F)(F)C(F)C(F)C(F)(F)CF. The van der Waals surface area contributed by atoms with E-state index in [1.807, 2.05) is 0 Å². The van der Waals surface area contributed by atoms with E-state index in [9.17, 15) is 30.7 Å². The van der Waals surface area contributed by atoms with Gasteiger partial charge in [-0.2, -0.15) is 8.78 Å². The number of hydrogen-bond donors (Lipinski definition) is 0. The molecule has 0 aromatic heterocycles. The first-order valence-corrected chi connectivity index (χ1v) is 3.42. The molecule has 0 aliphatic rings. The molecule has 84 valence electrons. The third kappa shape index (κ3) is 2.62. The minimum absolute atomic E-state index is 0.307. The summed E-state index contributed by atoms with van der Waals surface area (Å²) in [5.41, 5.74) is 0. The lowest BCUT2D eigenvalue weighted by atomic mass is 10.0. The van der Waals surface area contributed by atoms with Crippen molar-refractivity contribution in [3.8, 4) is 0 Å². The summed E-state index contributed by atoms with van der Waals surface area (Å²) in [6.07, 6.45) is -8.02. The van der Waals surface area contributed by atoms with Crippen LogP contribution in [0.1, 0.15) is 0 Å². The number of allylic oxidation sites excluding steroid dienone is 1. The Morgan fingerprint density at radius 1 is 1.07 bits per heavy atom. The Morgan fingerprint density at radius 3 is 1.79 bits per heavy atom. The van der Waals surface area contributed by atoms with Crippen molar-refractivity contribution in [3.63, 3.8) is 0 Å². The lowest BCUT2D eigenvalue weighted by molar-refractivity contribution is -0.155. The molecule has 2 unspecified atom stereocenters. The fourth-order valence-corrected chi connectivity index (χ4v) is 0.595. The first-order valence-electron chi connectivity index (χ1n) is 3.42.